The molecule has 1 aromatic carbocycles. The van der Waals surface area contributed by atoms with Crippen molar-refractivity contribution < 1.29 is 13.2 Å². The lowest BCUT2D eigenvalue weighted by Crippen LogP contribution is -2.12. The summed E-state index contributed by atoms with van der Waals surface area (Å²) in [6.07, 6.45) is 3.54. The number of hydrogen-bond donors (Lipinski definition) is 1. The van der Waals surface area contributed by atoms with Gasteiger partial charge in [0.2, 0.25) is 0 Å². The molecule has 0 saturated carbocycles. The van der Waals surface area contributed by atoms with Crippen LogP contribution in [0.3, 0.4) is 0 Å². The first-order chi connectivity index (χ1) is 11.6. The maximum atomic E-state index is 12.3. The fraction of sp³-hybridized carbons (Fsp3) is 0.125. The molecule has 0 aliphatic rings. The molecule has 0 aliphatic heterocycles. The SMILES string of the molecule is CCc1ccc(S(=O)(=O)Nc2cnc(Oc3ccccc3)nc2)s1. The third-order valence-electron chi connectivity index (χ3n) is 3.08. The molecule has 2 aromatic heterocycles. The van der Waals surface area contributed by atoms with Crippen LogP contribution in [0.25, 0.3) is 0 Å². The van der Waals surface area contributed by atoms with Crippen LogP contribution in [0.2, 0.25) is 0 Å². The van der Waals surface area contributed by atoms with Gasteiger partial charge in [0.15, 0.2) is 0 Å². The Labute approximate surface area is 144 Å². The van der Waals surface area contributed by atoms with Gasteiger partial charge in [-0.3, -0.25) is 4.72 Å². The molecule has 3 aromatic rings. The third kappa shape index (κ3) is 3.90. The highest BCUT2D eigenvalue weighted by Crippen LogP contribution is 2.24. The van der Waals surface area contributed by atoms with E-state index in [2.05, 4.69) is 14.7 Å². The van der Waals surface area contributed by atoms with Crippen molar-refractivity contribution in [2.45, 2.75) is 17.6 Å². The molecule has 6 nitrogen and oxygen atoms in total. The highest BCUT2D eigenvalue weighted by atomic mass is 32.2. The minimum Gasteiger partial charge on any atom is -0.424 e. The van der Waals surface area contributed by atoms with E-state index in [1.54, 1.807) is 18.2 Å². The zero-order valence-electron chi connectivity index (χ0n) is 12.8. The van der Waals surface area contributed by atoms with Gasteiger partial charge >= 0.3 is 6.01 Å². The molecule has 0 radical (unpaired) electrons. The summed E-state index contributed by atoms with van der Waals surface area (Å²) >= 11 is 1.25. The average Bonchev–Trinajstić information content (AvgIpc) is 3.08. The van der Waals surface area contributed by atoms with Crippen molar-refractivity contribution in [2.24, 2.45) is 0 Å². The number of aromatic nitrogens is 2. The molecule has 0 spiro atoms. The summed E-state index contributed by atoms with van der Waals surface area (Å²) in [5.74, 6) is 0.608. The lowest BCUT2D eigenvalue weighted by molar-refractivity contribution is 0.442. The molecule has 3 rings (SSSR count). The predicted molar refractivity (Wildman–Crippen MR) is 93.1 cm³/mol. The van der Waals surface area contributed by atoms with Crippen molar-refractivity contribution >= 4 is 27.0 Å². The fourth-order valence-corrected chi connectivity index (χ4v) is 4.24. The molecule has 0 unspecified atom stereocenters. The topological polar surface area (TPSA) is 81.2 Å². The Morgan fingerprint density at radius 1 is 1.08 bits per heavy atom. The van der Waals surface area contributed by atoms with E-state index in [0.29, 0.717) is 5.75 Å². The number of anilines is 1. The van der Waals surface area contributed by atoms with Gasteiger partial charge in [0.1, 0.15) is 9.96 Å². The molecule has 0 saturated heterocycles. The molecule has 0 fully saturated rings. The number of sulfonamides is 1. The van der Waals surface area contributed by atoms with Crippen LogP contribution in [0.4, 0.5) is 5.69 Å². The smallest absolute Gasteiger partial charge is 0.322 e. The second-order valence-electron chi connectivity index (χ2n) is 4.85. The van der Waals surface area contributed by atoms with Crippen LogP contribution in [-0.2, 0) is 16.4 Å². The van der Waals surface area contributed by atoms with Crippen molar-refractivity contribution in [3.63, 3.8) is 0 Å². The van der Waals surface area contributed by atoms with Crippen LogP contribution in [-0.4, -0.2) is 18.4 Å². The highest BCUT2D eigenvalue weighted by molar-refractivity contribution is 7.94. The van der Waals surface area contributed by atoms with Gasteiger partial charge in [0, 0.05) is 4.88 Å². The minimum atomic E-state index is -3.63. The van der Waals surface area contributed by atoms with Crippen LogP contribution < -0.4 is 9.46 Å². The quantitative estimate of drug-likeness (QED) is 0.724. The molecule has 1 N–H and O–H groups in total. The molecular formula is C16H15N3O3S2. The number of benzene rings is 1. The molecule has 2 heterocycles. The first kappa shape index (κ1) is 16.4. The number of aryl methyl sites for hydroxylation is 1. The zero-order valence-corrected chi connectivity index (χ0v) is 14.5. The predicted octanol–water partition coefficient (Wildman–Crippen LogP) is 3.69. The first-order valence-electron chi connectivity index (χ1n) is 7.23. The number of hydrogen-bond acceptors (Lipinski definition) is 6. The lowest BCUT2D eigenvalue weighted by atomic mass is 10.3. The van der Waals surface area contributed by atoms with Crippen molar-refractivity contribution in [1.82, 2.24) is 9.97 Å². The van der Waals surface area contributed by atoms with Gasteiger partial charge in [0.25, 0.3) is 10.0 Å². The van der Waals surface area contributed by atoms with Crippen LogP contribution in [0.1, 0.15) is 11.8 Å². The van der Waals surface area contributed by atoms with Gasteiger partial charge in [-0.2, -0.15) is 0 Å². The van der Waals surface area contributed by atoms with Crippen molar-refractivity contribution in [2.75, 3.05) is 4.72 Å². The Bertz CT molecular complexity index is 907. The van der Waals surface area contributed by atoms with Crippen LogP contribution in [0, 0.1) is 0 Å². The lowest BCUT2D eigenvalue weighted by Gasteiger charge is -2.07. The average molecular weight is 361 g/mol. The van der Waals surface area contributed by atoms with Crippen molar-refractivity contribution in [3.05, 3.63) is 59.7 Å². The Morgan fingerprint density at radius 3 is 2.42 bits per heavy atom. The largest absolute Gasteiger partial charge is 0.424 e. The summed E-state index contributed by atoms with van der Waals surface area (Å²) < 4.78 is 32.8. The van der Waals surface area contributed by atoms with Gasteiger partial charge in [-0.1, -0.05) is 25.1 Å². The maximum absolute atomic E-state index is 12.3. The molecule has 0 aliphatic carbocycles. The summed E-state index contributed by atoms with van der Waals surface area (Å²) in [5.41, 5.74) is 0.280. The number of para-hydroxylation sites is 1. The molecule has 8 heteroatoms. The van der Waals surface area contributed by atoms with E-state index in [1.807, 2.05) is 31.2 Å². The summed E-state index contributed by atoms with van der Waals surface area (Å²) in [6.45, 7) is 1.98. The fourth-order valence-electron chi connectivity index (χ4n) is 1.91. The molecule has 0 bridgehead atoms. The summed E-state index contributed by atoms with van der Waals surface area (Å²) in [7, 11) is -3.63. The number of nitrogens with zero attached hydrogens (tertiary/aromatic N) is 2. The summed E-state index contributed by atoms with van der Waals surface area (Å²) in [5, 5.41) is 0. The first-order valence-corrected chi connectivity index (χ1v) is 9.53. The van der Waals surface area contributed by atoms with E-state index in [9.17, 15) is 8.42 Å². The second-order valence-corrected chi connectivity index (χ2v) is 7.93. The van der Waals surface area contributed by atoms with Gasteiger partial charge in [-0.15, -0.1) is 11.3 Å². The standard InChI is InChI=1S/C16H15N3O3S2/c1-2-14-8-9-15(23-14)24(20,21)19-12-10-17-16(18-11-12)22-13-6-4-3-5-7-13/h3-11,19H,2H2,1H3. The van der Waals surface area contributed by atoms with Gasteiger partial charge in [0.05, 0.1) is 18.1 Å². The van der Waals surface area contributed by atoms with E-state index in [-0.39, 0.29) is 15.9 Å². The maximum Gasteiger partial charge on any atom is 0.322 e. The van der Waals surface area contributed by atoms with E-state index in [1.165, 1.54) is 23.7 Å². The summed E-state index contributed by atoms with van der Waals surface area (Å²) in [6, 6.07) is 12.7. The highest BCUT2D eigenvalue weighted by Gasteiger charge is 2.17. The van der Waals surface area contributed by atoms with E-state index >= 15 is 0 Å². The zero-order chi connectivity index (χ0) is 17.0. The van der Waals surface area contributed by atoms with E-state index in [4.69, 9.17) is 4.74 Å². The molecule has 0 amide bonds. The van der Waals surface area contributed by atoms with E-state index in [0.717, 1.165) is 11.3 Å². The number of thiophene rings is 1. The third-order valence-corrected chi connectivity index (χ3v) is 6.19. The molecule has 0 atom stereocenters. The van der Waals surface area contributed by atoms with Crippen LogP contribution in [0.15, 0.2) is 59.1 Å². The van der Waals surface area contributed by atoms with Gasteiger partial charge in [-0.25, -0.2) is 18.4 Å². The van der Waals surface area contributed by atoms with Crippen LogP contribution in [0.5, 0.6) is 11.8 Å². The molecular weight excluding hydrogens is 346 g/mol. The molecule has 24 heavy (non-hydrogen) atoms. The van der Waals surface area contributed by atoms with Gasteiger partial charge in [-0.05, 0) is 30.7 Å². The minimum absolute atomic E-state index is 0.147. The van der Waals surface area contributed by atoms with Crippen LogP contribution >= 0.6 is 11.3 Å². The Balaban J connectivity index is 1.71. The Kier molecular flexibility index (Phi) is 4.77. The number of rotatable bonds is 6. The van der Waals surface area contributed by atoms with Crippen molar-refractivity contribution in [3.8, 4) is 11.8 Å². The second kappa shape index (κ2) is 6.98. The van der Waals surface area contributed by atoms with Crippen molar-refractivity contribution in [1.29, 1.82) is 0 Å². The monoisotopic (exact) mass is 361 g/mol. The van der Waals surface area contributed by atoms with E-state index < -0.39 is 10.0 Å². The Hall–Kier alpha value is -2.45. The Morgan fingerprint density at radius 2 is 1.79 bits per heavy atom. The van der Waals surface area contributed by atoms with Gasteiger partial charge < -0.3 is 4.74 Å². The molecule has 124 valence electrons. The normalized spacial score (nSPS) is 11.2. The number of ether oxygens (including phenoxy) is 1. The number of nitrogens with one attached hydrogen (secondary N) is 1. The summed E-state index contributed by atoms with van der Waals surface area (Å²) in [4.78, 5) is 9.04.